The molecule has 0 spiro atoms. The lowest BCUT2D eigenvalue weighted by molar-refractivity contribution is 0.0418. The van der Waals surface area contributed by atoms with Crippen molar-refractivity contribution in [2.24, 2.45) is 16.2 Å². The van der Waals surface area contributed by atoms with E-state index < -0.39 is 0 Å². The Morgan fingerprint density at radius 3 is 1.81 bits per heavy atom. The minimum atomic E-state index is 0.328. The van der Waals surface area contributed by atoms with Crippen LogP contribution in [0.5, 0.6) is 0 Å². The van der Waals surface area contributed by atoms with Crippen LogP contribution >= 0.6 is 0 Å². The third-order valence-corrected chi connectivity index (χ3v) is 13.0. The van der Waals surface area contributed by atoms with Gasteiger partial charge in [0.2, 0.25) is 0 Å². The van der Waals surface area contributed by atoms with E-state index in [1.54, 1.807) is 27.8 Å². The van der Waals surface area contributed by atoms with E-state index in [0.29, 0.717) is 22.2 Å². The number of fused-ring (bicyclic) bond motifs is 3. The summed E-state index contributed by atoms with van der Waals surface area (Å²) in [5.74, 6) is 0.554. The lowest BCUT2D eigenvalue weighted by atomic mass is 9.48. The molecule has 0 N–H and O–H groups in total. The van der Waals surface area contributed by atoms with Crippen molar-refractivity contribution in [2.45, 2.75) is 223 Å². The van der Waals surface area contributed by atoms with Crippen molar-refractivity contribution in [3.63, 3.8) is 0 Å². The van der Waals surface area contributed by atoms with Gasteiger partial charge in [0, 0.05) is 5.92 Å². The van der Waals surface area contributed by atoms with Gasteiger partial charge in [-0.1, -0.05) is 188 Å². The number of hydrogen-bond donors (Lipinski definition) is 0. The summed E-state index contributed by atoms with van der Waals surface area (Å²) < 4.78 is 0. The van der Waals surface area contributed by atoms with Gasteiger partial charge in [0.15, 0.2) is 0 Å². The molecule has 0 aromatic heterocycles. The van der Waals surface area contributed by atoms with Gasteiger partial charge in [0.1, 0.15) is 0 Å². The van der Waals surface area contributed by atoms with Gasteiger partial charge in [-0.15, -0.1) is 0 Å². The molecular weight excluding hydrogens is 565 g/mol. The Hall–Kier alpha value is -1.30. The molecule has 1 aromatic rings. The Bertz CT molecular complexity index is 1050. The van der Waals surface area contributed by atoms with E-state index >= 15 is 0 Å². The third-order valence-electron chi connectivity index (χ3n) is 13.0. The zero-order chi connectivity index (χ0) is 34.9. The predicted molar refractivity (Wildman–Crippen MR) is 214 cm³/mol. The average molecular weight is 647 g/mol. The quantitative estimate of drug-likeness (QED) is 0.117. The Morgan fingerprint density at radius 2 is 1.28 bits per heavy atom. The van der Waals surface area contributed by atoms with Crippen molar-refractivity contribution < 1.29 is 0 Å². The molecule has 1 aromatic carbocycles. The van der Waals surface area contributed by atoms with Crippen LogP contribution < -0.4 is 0 Å². The summed E-state index contributed by atoms with van der Waals surface area (Å²) in [4.78, 5) is 0. The highest BCUT2D eigenvalue weighted by molar-refractivity contribution is 5.50. The summed E-state index contributed by atoms with van der Waals surface area (Å²) >= 11 is 0. The summed E-state index contributed by atoms with van der Waals surface area (Å²) in [6.07, 6.45) is 33.9. The van der Waals surface area contributed by atoms with Crippen molar-refractivity contribution in [2.75, 3.05) is 0 Å². The van der Waals surface area contributed by atoms with Crippen LogP contribution in [-0.4, -0.2) is 0 Å². The molecule has 2 unspecified atom stereocenters. The van der Waals surface area contributed by atoms with Crippen molar-refractivity contribution in [3.8, 4) is 0 Å². The molecule has 0 aliphatic heterocycles. The molecule has 3 aliphatic carbocycles. The summed E-state index contributed by atoms with van der Waals surface area (Å²) in [7, 11) is 0. The summed E-state index contributed by atoms with van der Waals surface area (Å²) in [6, 6.07) is 5.23. The minimum absolute atomic E-state index is 0.328. The van der Waals surface area contributed by atoms with Gasteiger partial charge in [-0.05, 0) is 103 Å². The van der Waals surface area contributed by atoms with Crippen LogP contribution in [0, 0.1) is 16.2 Å². The molecule has 2 atom stereocenters. The van der Waals surface area contributed by atoms with Crippen LogP contribution in [-0.2, 0) is 19.3 Å². The maximum atomic E-state index is 4.78. The second-order valence-electron chi connectivity index (χ2n) is 16.7. The number of unbranched alkanes of at least 4 members (excludes halogenated alkanes) is 11. The van der Waals surface area contributed by atoms with Crippen molar-refractivity contribution >= 4 is 0 Å². The van der Waals surface area contributed by atoms with E-state index in [4.69, 9.17) is 6.58 Å². The smallest absolute Gasteiger partial charge is 0.00853 e. The normalized spacial score (nSPS) is 22.2. The van der Waals surface area contributed by atoms with E-state index in [2.05, 4.69) is 73.6 Å². The molecule has 270 valence electrons. The number of benzene rings is 1. The lowest BCUT2D eigenvalue weighted by Gasteiger charge is -2.56. The topological polar surface area (TPSA) is 0 Å². The predicted octanol–water partition coefficient (Wildman–Crippen LogP) is 15.9. The van der Waals surface area contributed by atoms with E-state index in [1.165, 1.54) is 147 Å². The van der Waals surface area contributed by atoms with Crippen LogP contribution in [0.15, 0.2) is 35.9 Å². The Labute approximate surface area is 296 Å². The number of allylic oxidation sites excluding steroid dienone is 3. The van der Waals surface area contributed by atoms with Crippen molar-refractivity contribution in [1.29, 1.82) is 0 Å². The maximum absolute atomic E-state index is 4.78. The summed E-state index contributed by atoms with van der Waals surface area (Å²) in [6.45, 7) is 28.1. The molecule has 0 radical (unpaired) electrons. The summed E-state index contributed by atoms with van der Waals surface area (Å²) in [5, 5.41) is 0. The standard InChI is InChI=1S/C33H50.C12H26.C2H6/c1-8-10-11-14-26-21-27(20-25(4)33(9-2)16-12-13-17-33)30-28(22-26)23-31(5,6)32(7)18-15-24(3)19-29(30)32;1-3-5-7-9-11-12-10-8-6-4-2;1-2/h19,21-22,29H,4,8-18,20,23H2,1-3,5-7H3;3-12H2,1-2H3;1-2H3. The van der Waals surface area contributed by atoms with E-state index in [-0.39, 0.29) is 0 Å². The van der Waals surface area contributed by atoms with Gasteiger partial charge < -0.3 is 0 Å². The van der Waals surface area contributed by atoms with Crippen LogP contribution in [0.1, 0.15) is 226 Å². The van der Waals surface area contributed by atoms with Gasteiger partial charge in [0.25, 0.3) is 0 Å². The molecule has 0 nitrogen and oxygen atoms in total. The van der Waals surface area contributed by atoms with Gasteiger partial charge in [-0.2, -0.15) is 0 Å². The lowest BCUT2D eigenvalue weighted by Crippen LogP contribution is -2.47. The molecule has 47 heavy (non-hydrogen) atoms. The van der Waals surface area contributed by atoms with Crippen molar-refractivity contribution in [1.82, 2.24) is 0 Å². The monoisotopic (exact) mass is 647 g/mol. The molecule has 0 heterocycles. The fourth-order valence-corrected chi connectivity index (χ4v) is 9.26. The van der Waals surface area contributed by atoms with Gasteiger partial charge in [-0.25, -0.2) is 0 Å². The highest BCUT2D eigenvalue weighted by Crippen LogP contribution is 2.62. The highest BCUT2D eigenvalue weighted by Gasteiger charge is 2.52. The third kappa shape index (κ3) is 11.4. The zero-order valence-corrected chi connectivity index (χ0v) is 33.8. The Balaban J connectivity index is 0.000000465. The number of rotatable bonds is 17. The van der Waals surface area contributed by atoms with Crippen molar-refractivity contribution in [3.05, 3.63) is 58.2 Å². The van der Waals surface area contributed by atoms with Crippen LogP contribution in [0.2, 0.25) is 0 Å². The van der Waals surface area contributed by atoms with Crippen LogP contribution in [0.3, 0.4) is 0 Å². The average Bonchev–Trinajstić information content (AvgIpc) is 3.55. The van der Waals surface area contributed by atoms with Crippen LogP contribution in [0.4, 0.5) is 0 Å². The first-order valence-corrected chi connectivity index (χ1v) is 21.1. The minimum Gasteiger partial charge on any atom is -0.0990 e. The second-order valence-corrected chi connectivity index (χ2v) is 16.7. The highest BCUT2D eigenvalue weighted by atomic mass is 14.6. The van der Waals surface area contributed by atoms with E-state index in [1.807, 2.05) is 13.8 Å². The van der Waals surface area contributed by atoms with Crippen LogP contribution in [0.25, 0.3) is 0 Å². The summed E-state index contributed by atoms with van der Waals surface area (Å²) in [5.41, 5.74) is 10.7. The first kappa shape index (κ1) is 41.9. The van der Waals surface area contributed by atoms with E-state index in [9.17, 15) is 0 Å². The molecule has 3 aliphatic rings. The first-order chi connectivity index (χ1) is 22.6. The molecule has 0 heteroatoms. The maximum Gasteiger partial charge on any atom is 0.00853 e. The van der Waals surface area contributed by atoms with Gasteiger partial charge >= 0.3 is 0 Å². The second kappa shape index (κ2) is 21.0. The molecular formula is C47H82. The largest absolute Gasteiger partial charge is 0.0990 e. The Morgan fingerprint density at radius 1 is 0.745 bits per heavy atom. The molecule has 1 saturated carbocycles. The molecule has 0 saturated heterocycles. The zero-order valence-electron chi connectivity index (χ0n) is 33.8. The fraction of sp³-hybridized carbons (Fsp3) is 0.787. The number of hydrogen-bond acceptors (Lipinski definition) is 0. The van der Waals surface area contributed by atoms with Gasteiger partial charge in [0.05, 0.1) is 0 Å². The first-order valence-electron chi connectivity index (χ1n) is 21.1. The molecule has 0 bridgehead atoms. The van der Waals surface area contributed by atoms with Gasteiger partial charge in [-0.3, -0.25) is 0 Å². The van der Waals surface area contributed by atoms with E-state index in [0.717, 1.165) is 6.42 Å². The fourth-order valence-electron chi connectivity index (χ4n) is 9.26. The SMILES string of the molecule is C=C(Cc1cc(CCCCC)cc2c1C1C=C(C)CCC1(C)C(C)(C)C2)C1(CC)CCCC1.CC.CCCCCCCCCCCC. The molecule has 0 amide bonds. The molecule has 4 rings (SSSR count). The number of aryl methyl sites for hydroxylation is 1. The Kier molecular flexibility index (Phi) is 18.7. The molecule has 1 fully saturated rings.